The molecule has 0 fully saturated rings. The van der Waals surface area contributed by atoms with Gasteiger partial charge in [0.1, 0.15) is 11.8 Å². The molecule has 0 saturated heterocycles. The van der Waals surface area contributed by atoms with Gasteiger partial charge in [0.2, 0.25) is 0 Å². The van der Waals surface area contributed by atoms with Gasteiger partial charge >= 0.3 is 12.3 Å². The predicted octanol–water partition coefficient (Wildman–Crippen LogP) is 1.88. The van der Waals surface area contributed by atoms with E-state index in [9.17, 15) is 18.0 Å². The third-order valence-corrected chi connectivity index (χ3v) is 1.04. The largest absolute Gasteiger partial charge is 0.575 e. The van der Waals surface area contributed by atoms with Crippen LogP contribution >= 0.6 is 0 Å². The van der Waals surface area contributed by atoms with Crippen molar-refractivity contribution < 1.29 is 32.2 Å². The molecule has 1 aromatic heterocycles. The molecule has 1 rings (SSSR count). The molecule has 13 heavy (non-hydrogen) atoms. The molecule has 0 amide bonds. The first kappa shape index (κ1) is 9.43. The number of hydrogen-bond donors (Lipinski definition) is 1. The first-order valence-corrected chi connectivity index (χ1v) is 2.96. The summed E-state index contributed by atoms with van der Waals surface area (Å²) in [5.74, 6) is -2.29. The Kier molecular flexibility index (Phi) is 2.18. The van der Waals surface area contributed by atoms with E-state index in [1.54, 1.807) is 0 Å². The minimum atomic E-state index is -4.88. The number of hydrogen-bond acceptors (Lipinski definition) is 3. The van der Waals surface area contributed by atoms with Gasteiger partial charge < -0.3 is 14.3 Å². The second kappa shape index (κ2) is 3.00. The number of ether oxygens (including phenoxy) is 1. The summed E-state index contributed by atoms with van der Waals surface area (Å²) in [5, 5.41) is 8.30. The summed E-state index contributed by atoms with van der Waals surface area (Å²) in [4.78, 5) is 10.2. The van der Waals surface area contributed by atoms with E-state index in [1.807, 2.05) is 0 Å². The number of aromatic carboxylic acids is 1. The zero-order valence-corrected chi connectivity index (χ0v) is 5.96. The molecular weight excluding hydrogens is 193 g/mol. The molecule has 0 bridgehead atoms. The Morgan fingerprint density at radius 2 is 2.15 bits per heavy atom. The average molecular weight is 196 g/mol. The topological polar surface area (TPSA) is 59.7 Å². The lowest BCUT2D eigenvalue weighted by Crippen LogP contribution is -2.16. The molecule has 0 atom stereocenters. The lowest BCUT2D eigenvalue weighted by atomic mass is 10.3. The molecule has 7 heteroatoms. The van der Waals surface area contributed by atoms with Gasteiger partial charge in [-0.05, 0) is 0 Å². The SMILES string of the molecule is O=C(O)c1coc(OC(F)(F)F)c1. The van der Waals surface area contributed by atoms with Gasteiger partial charge in [-0.15, -0.1) is 13.2 Å². The van der Waals surface area contributed by atoms with Crippen molar-refractivity contribution in [2.75, 3.05) is 0 Å². The zero-order chi connectivity index (χ0) is 10.1. The highest BCUT2D eigenvalue weighted by molar-refractivity contribution is 5.87. The maximum Gasteiger partial charge on any atom is 0.575 e. The molecule has 0 spiro atoms. The molecule has 0 radical (unpaired) electrons. The van der Waals surface area contributed by atoms with Crippen molar-refractivity contribution in [1.29, 1.82) is 0 Å². The van der Waals surface area contributed by atoms with Crippen LogP contribution in [0.5, 0.6) is 5.95 Å². The van der Waals surface area contributed by atoms with Gasteiger partial charge in [0, 0.05) is 6.07 Å². The highest BCUT2D eigenvalue weighted by Gasteiger charge is 2.32. The summed E-state index contributed by atoms with van der Waals surface area (Å²) >= 11 is 0. The highest BCUT2D eigenvalue weighted by atomic mass is 19.4. The molecule has 1 N–H and O–H groups in total. The Morgan fingerprint density at radius 1 is 1.54 bits per heavy atom. The van der Waals surface area contributed by atoms with Gasteiger partial charge in [-0.3, -0.25) is 0 Å². The van der Waals surface area contributed by atoms with Gasteiger partial charge in [0.15, 0.2) is 0 Å². The Morgan fingerprint density at radius 3 is 2.54 bits per heavy atom. The Labute approximate surface area is 69.5 Å². The van der Waals surface area contributed by atoms with Crippen LogP contribution in [0.1, 0.15) is 10.4 Å². The van der Waals surface area contributed by atoms with Crippen LogP contribution in [-0.2, 0) is 0 Å². The van der Waals surface area contributed by atoms with E-state index in [0.29, 0.717) is 12.3 Å². The molecule has 0 aromatic carbocycles. The van der Waals surface area contributed by atoms with Crippen LogP contribution in [0.2, 0.25) is 0 Å². The summed E-state index contributed by atoms with van der Waals surface area (Å²) in [5.41, 5.74) is -0.403. The molecule has 4 nitrogen and oxygen atoms in total. The third kappa shape index (κ3) is 2.69. The van der Waals surface area contributed by atoms with Gasteiger partial charge in [0.05, 0.1) is 0 Å². The predicted molar refractivity (Wildman–Crippen MR) is 32.4 cm³/mol. The lowest BCUT2D eigenvalue weighted by molar-refractivity contribution is -0.280. The number of halogens is 3. The number of rotatable bonds is 2. The van der Waals surface area contributed by atoms with Gasteiger partial charge in [0.25, 0.3) is 5.95 Å². The maximum atomic E-state index is 11.5. The quantitative estimate of drug-likeness (QED) is 0.784. The van der Waals surface area contributed by atoms with Crippen molar-refractivity contribution in [3.05, 3.63) is 17.9 Å². The summed E-state index contributed by atoms with van der Waals surface area (Å²) in [6.45, 7) is 0. The highest BCUT2D eigenvalue weighted by Crippen LogP contribution is 2.24. The Hall–Kier alpha value is -1.66. The average Bonchev–Trinajstić information content (AvgIpc) is 2.31. The standard InChI is InChI=1S/C6H3F3O4/c7-6(8,9)13-4-1-3(2-12-4)5(10)11/h1-2H,(H,10,11). The summed E-state index contributed by atoms with van der Waals surface area (Å²) in [6.07, 6.45) is -4.23. The molecule has 0 aliphatic rings. The number of carbonyl (C=O) groups is 1. The fraction of sp³-hybridized carbons (Fsp3) is 0.167. The minimum Gasteiger partial charge on any atom is -0.478 e. The number of furan rings is 1. The van der Waals surface area contributed by atoms with Crippen molar-refractivity contribution in [3.8, 4) is 5.95 Å². The summed E-state index contributed by atoms with van der Waals surface area (Å²) < 4.78 is 42.0. The second-order valence-corrected chi connectivity index (χ2v) is 2.01. The lowest BCUT2D eigenvalue weighted by Gasteiger charge is -2.03. The fourth-order valence-corrected chi connectivity index (χ4v) is 0.596. The molecule has 72 valence electrons. The summed E-state index contributed by atoms with van der Waals surface area (Å²) in [7, 11) is 0. The molecule has 0 unspecified atom stereocenters. The number of carboxylic acids is 1. The monoisotopic (exact) mass is 196 g/mol. The van der Waals surface area contributed by atoms with E-state index in [4.69, 9.17) is 5.11 Å². The van der Waals surface area contributed by atoms with E-state index >= 15 is 0 Å². The Bertz CT molecular complexity index is 314. The van der Waals surface area contributed by atoms with Gasteiger partial charge in [-0.1, -0.05) is 0 Å². The molecular formula is C6H3F3O4. The van der Waals surface area contributed by atoms with Crippen molar-refractivity contribution in [2.45, 2.75) is 6.36 Å². The van der Waals surface area contributed by atoms with E-state index in [-0.39, 0.29) is 0 Å². The molecule has 0 aliphatic heterocycles. The summed E-state index contributed by atoms with van der Waals surface area (Å²) in [6, 6.07) is 0.635. The molecule has 0 aliphatic carbocycles. The second-order valence-electron chi connectivity index (χ2n) is 2.01. The van der Waals surface area contributed by atoms with Crippen molar-refractivity contribution >= 4 is 5.97 Å². The van der Waals surface area contributed by atoms with Gasteiger partial charge in [-0.2, -0.15) is 0 Å². The van der Waals surface area contributed by atoms with Crippen LogP contribution in [0.3, 0.4) is 0 Å². The Balaban J connectivity index is 2.75. The molecule has 0 saturated carbocycles. The fourth-order valence-electron chi connectivity index (χ4n) is 0.596. The van der Waals surface area contributed by atoms with Crippen molar-refractivity contribution in [3.63, 3.8) is 0 Å². The smallest absolute Gasteiger partial charge is 0.478 e. The van der Waals surface area contributed by atoms with Crippen LogP contribution < -0.4 is 4.74 Å². The van der Waals surface area contributed by atoms with Crippen LogP contribution in [0, 0.1) is 0 Å². The van der Waals surface area contributed by atoms with Crippen LogP contribution in [0.15, 0.2) is 16.7 Å². The van der Waals surface area contributed by atoms with Crippen LogP contribution in [0.4, 0.5) is 13.2 Å². The maximum absolute atomic E-state index is 11.5. The number of carboxylic acid groups (broad SMARTS) is 1. The third-order valence-electron chi connectivity index (χ3n) is 1.04. The van der Waals surface area contributed by atoms with E-state index in [1.165, 1.54) is 0 Å². The normalized spacial score (nSPS) is 11.3. The van der Waals surface area contributed by atoms with E-state index in [0.717, 1.165) is 0 Å². The first-order valence-electron chi connectivity index (χ1n) is 2.96. The van der Waals surface area contributed by atoms with Crippen LogP contribution in [0.25, 0.3) is 0 Å². The van der Waals surface area contributed by atoms with E-state index < -0.39 is 23.8 Å². The molecule has 1 heterocycles. The first-order chi connectivity index (χ1) is 5.88. The number of alkyl halides is 3. The van der Waals surface area contributed by atoms with Crippen LogP contribution in [-0.4, -0.2) is 17.4 Å². The van der Waals surface area contributed by atoms with Crippen molar-refractivity contribution in [2.24, 2.45) is 0 Å². The zero-order valence-electron chi connectivity index (χ0n) is 5.96. The van der Waals surface area contributed by atoms with Crippen molar-refractivity contribution in [1.82, 2.24) is 0 Å². The van der Waals surface area contributed by atoms with E-state index in [2.05, 4.69) is 9.15 Å². The minimum absolute atomic E-state index is 0.403. The molecule has 1 aromatic rings. The van der Waals surface area contributed by atoms with Gasteiger partial charge in [-0.25, -0.2) is 4.79 Å².